The number of amides is 1. The first kappa shape index (κ1) is 23.3. The van der Waals surface area contributed by atoms with Crippen LogP contribution in [0.5, 0.6) is 5.75 Å². The minimum atomic E-state index is -0.513. The molecule has 0 atom stereocenters. The molecule has 1 fully saturated rings. The van der Waals surface area contributed by atoms with Crippen LogP contribution in [0.1, 0.15) is 16.7 Å². The van der Waals surface area contributed by atoms with Crippen LogP contribution in [0.2, 0.25) is 0 Å². The standard InChI is InChI=1S/C24H18N4O4S2/c1-14-3-4-17(11-15(14)2)25-26-18-5-10-21(29)16(12-18)13-22-23(30)27(24(33)34-22)19-6-8-20(9-7-19)28(31)32/h3-13,29H,1-2H3/b22-13-,26-25?. The maximum Gasteiger partial charge on any atom is 0.270 e. The van der Waals surface area contributed by atoms with Crippen LogP contribution in [-0.4, -0.2) is 20.3 Å². The van der Waals surface area contributed by atoms with Crippen LogP contribution in [-0.2, 0) is 4.79 Å². The molecule has 1 aliphatic rings. The molecular weight excluding hydrogens is 472 g/mol. The maximum absolute atomic E-state index is 13.0. The van der Waals surface area contributed by atoms with E-state index in [9.17, 15) is 20.0 Å². The Bertz CT molecular complexity index is 1380. The Labute approximate surface area is 204 Å². The number of anilines is 1. The van der Waals surface area contributed by atoms with E-state index in [1.807, 2.05) is 32.0 Å². The summed E-state index contributed by atoms with van der Waals surface area (Å²) in [5.74, 6) is -0.406. The first-order valence-corrected chi connectivity index (χ1v) is 11.3. The van der Waals surface area contributed by atoms with E-state index >= 15 is 0 Å². The summed E-state index contributed by atoms with van der Waals surface area (Å²) < 4.78 is 0.287. The van der Waals surface area contributed by atoms with E-state index in [-0.39, 0.29) is 21.7 Å². The second-order valence-electron chi connectivity index (χ2n) is 7.50. The predicted molar refractivity (Wildman–Crippen MR) is 137 cm³/mol. The molecular formula is C24H18N4O4S2. The van der Waals surface area contributed by atoms with E-state index in [2.05, 4.69) is 10.2 Å². The van der Waals surface area contributed by atoms with Gasteiger partial charge in [0.2, 0.25) is 0 Å². The van der Waals surface area contributed by atoms with Gasteiger partial charge in [0.1, 0.15) is 5.75 Å². The summed E-state index contributed by atoms with van der Waals surface area (Å²) in [6.07, 6.45) is 1.54. The van der Waals surface area contributed by atoms with Crippen molar-refractivity contribution in [3.63, 3.8) is 0 Å². The highest BCUT2D eigenvalue weighted by molar-refractivity contribution is 8.27. The van der Waals surface area contributed by atoms with E-state index in [0.29, 0.717) is 27.5 Å². The van der Waals surface area contributed by atoms with Crippen molar-refractivity contribution in [3.05, 3.63) is 92.4 Å². The highest BCUT2D eigenvalue weighted by atomic mass is 32.2. The van der Waals surface area contributed by atoms with Crippen molar-refractivity contribution in [2.45, 2.75) is 13.8 Å². The Hall–Kier alpha value is -3.89. The van der Waals surface area contributed by atoms with Gasteiger partial charge in [0.15, 0.2) is 4.32 Å². The Morgan fingerprint density at radius 1 is 1.00 bits per heavy atom. The molecule has 1 heterocycles. The molecule has 0 bridgehead atoms. The second-order valence-corrected chi connectivity index (χ2v) is 9.18. The molecule has 4 rings (SSSR count). The quantitative estimate of drug-likeness (QED) is 0.139. The fraction of sp³-hybridized carbons (Fsp3) is 0.0833. The van der Waals surface area contributed by atoms with Gasteiger partial charge in [0.05, 0.1) is 26.9 Å². The first-order valence-electron chi connectivity index (χ1n) is 10.1. The summed E-state index contributed by atoms with van der Waals surface area (Å²) in [5, 5.41) is 29.7. The fourth-order valence-corrected chi connectivity index (χ4v) is 4.47. The number of nitro benzene ring substituents is 1. The van der Waals surface area contributed by atoms with Gasteiger partial charge >= 0.3 is 0 Å². The van der Waals surface area contributed by atoms with Crippen LogP contribution < -0.4 is 4.90 Å². The Balaban J connectivity index is 1.59. The molecule has 3 aromatic carbocycles. The number of carbonyl (C=O) groups excluding carboxylic acids is 1. The normalized spacial score (nSPS) is 15.0. The molecule has 1 saturated heterocycles. The topological polar surface area (TPSA) is 108 Å². The number of carbonyl (C=O) groups is 1. The Morgan fingerprint density at radius 2 is 1.65 bits per heavy atom. The summed E-state index contributed by atoms with van der Waals surface area (Å²) in [4.78, 5) is 25.0. The number of azo groups is 1. The zero-order valence-corrected chi connectivity index (χ0v) is 19.8. The van der Waals surface area contributed by atoms with E-state index in [1.54, 1.807) is 12.1 Å². The van der Waals surface area contributed by atoms with Crippen molar-refractivity contribution < 1.29 is 14.8 Å². The number of benzene rings is 3. The fourth-order valence-electron chi connectivity index (χ4n) is 3.18. The van der Waals surface area contributed by atoms with E-state index < -0.39 is 4.92 Å². The molecule has 1 amide bonds. The van der Waals surface area contributed by atoms with Crippen LogP contribution in [0, 0.1) is 24.0 Å². The van der Waals surface area contributed by atoms with E-state index in [4.69, 9.17) is 12.2 Å². The lowest BCUT2D eigenvalue weighted by Crippen LogP contribution is -2.27. The number of non-ortho nitro benzene ring substituents is 1. The third-order valence-electron chi connectivity index (χ3n) is 5.18. The van der Waals surface area contributed by atoms with Crippen molar-refractivity contribution in [1.82, 2.24) is 0 Å². The molecule has 1 aliphatic heterocycles. The average Bonchev–Trinajstić information content (AvgIpc) is 3.09. The van der Waals surface area contributed by atoms with Crippen molar-refractivity contribution in [2.24, 2.45) is 10.2 Å². The molecule has 170 valence electrons. The zero-order chi connectivity index (χ0) is 24.4. The molecule has 0 radical (unpaired) electrons. The summed E-state index contributed by atoms with van der Waals surface area (Å²) >= 11 is 6.43. The lowest BCUT2D eigenvalue weighted by molar-refractivity contribution is -0.384. The van der Waals surface area contributed by atoms with Gasteiger partial charge in [-0.1, -0.05) is 30.0 Å². The van der Waals surface area contributed by atoms with Crippen LogP contribution in [0.4, 0.5) is 22.7 Å². The van der Waals surface area contributed by atoms with Crippen molar-refractivity contribution >= 4 is 63.0 Å². The van der Waals surface area contributed by atoms with Gasteiger partial charge in [-0.3, -0.25) is 19.8 Å². The van der Waals surface area contributed by atoms with Crippen LogP contribution in [0.15, 0.2) is 75.8 Å². The highest BCUT2D eigenvalue weighted by Gasteiger charge is 2.33. The smallest absolute Gasteiger partial charge is 0.270 e. The second kappa shape index (κ2) is 9.54. The molecule has 0 saturated carbocycles. The lowest BCUT2D eigenvalue weighted by Gasteiger charge is -2.13. The highest BCUT2D eigenvalue weighted by Crippen LogP contribution is 2.38. The Kier molecular flexibility index (Phi) is 6.53. The van der Waals surface area contributed by atoms with Crippen LogP contribution >= 0.6 is 24.0 Å². The monoisotopic (exact) mass is 490 g/mol. The number of thiocarbonyl (C=S) groups is 1. The first-order chi connectivity index (χ1) is 16.2. The molecule has 0 spiro atoms. The molecule has 0 unspecified atom stereocenters. The van der Waals surface area contributed by atoms with Gasteiger partial charge in [-0.15, -0.1) is 0 Å². The van der Waals surface area contributed by atoms with Crippen molar-refractivity contribution in [1.29, 1.82) is 0 Å². The van der Waals surface area contributed by atoms with Crippen LogP contribution in [0.25, 0.3) is 6.08 Å². The maximum atomic E-state index is 13.0. The minimum Gasteiger partial charge on any atom is -0.507 e. The van der Waals surface area contributed by atoms with E-state index in [1.165, 1.54) is 41.3 Å². The third kappa shape index (κ3) is 4.87. The summed E-state index contributed by atoms with van der Waals surface area (Å²) in [6.45, 7) is 4.02. The zero-order valence-electron chi connectivity index (χ0n) is 18.1. The van der Waals surface area contributed by atoms with E-state index in [0.717, 1.165) is 22.9 Å². The van der Waals surface area contributed by atoms with Gasteiger partial charge in [-0.25, -0.2) is 0 Å². The number of hydrogen-bond acceptors (Lipinski definition) is 8. The minimum absolute atomic E-state index is 0.0225. The lowest BCUT2D eigenvalue weighted by atomic mass is 10.1. The predicted octanol–water partition coefficient (Wildman–Crippen LogP) is 6.74. The number of aryl methyl sites for hydroxylation is 2. The average molecular weight is 491 g/mol. The molecule has 0 aromatic heterocycles. The molecule has 3 aromatic rings. The number of phenols is 1. The summed E-state index contributed by atoms with van der Waals surface area (Å²) in [6, 6.07) is 16.1. The largest absolute Gasteiger partial charge is 0.507 e. The number of thioether (sulfide) groups is 1. The van der Waals surface area contributed by atoms with Gasteiger partial charge in [0.25, 0.3) is 11.6 Å². The Morgan fingerprint density at radius 3 is 2.29 bits per heavy atom. The summed E-state index contributed by atoms with van der Waals surface area (Å²) in [7, 11) is 0. The number of aromatic hydroxyl groups is 1. The number of hydrogen-bond donors (Lipinski definition) is 1. The molecule has 34 heavy (non-hydrogen) atoms. The number of rotatable bonds is 5. The van der Waals surface area contributed by atoms with Gasteiger partial charge in [-0.2, -0.15) is 10.2 Å². The number of phenolic OH excluding ortho intramolecular Hbond substituents is 1. The van der Waals surface area contributed by atoms with Crippen molar-refractivity contribution in [2.75, 3.05) is 4.90 Å². The SMILES string of the molecule is Cc1ccc(N=Nc2ccc(O)c(/C=C3\SC(=S)N(c4ccc([N+](=O)[O-])cc4)C3=O)c2)cc1C. The number of nitro groups is 1. The van der Waals surface area contributed by atoms with Crippen LogP contribution in [0.3, 0.4) is 0 Å². The van der Waals surface area contributed by atoms with Gasteiger partial charge in [-0.05, 0) is 73.5 Å². The molecule has 10 heteroatoms. The third-order valence-corrected chi connectivity index (χ3v) is 6.48. The number of nitrogens with zero attached hydrogens (tertiary/aromatic N) is 4. The summed E-state index contributed by atoms with van der Waals surface area (Å²) in [5.41, 5.74) is 4.23. The van der Waals surface area contributed by atoms with Gasteiger partial charge in [0, 0.05) is 17.7 Å². The van der Waals surface area contributed by atoms with Gasteiger partial charge < -0.3 is 5.11 Å². The van der Waals surface area contributed by atoms with Crippen molar-refractivity contribution in [3.8, 4) is 5.75 Å². The molecule has 0 aliphatic carbocycles. The molecule has 8 nitrogen and oxygen atoms in total. The molecule has 1 N–H and O–H groups in total.